The SMILES string of the molecule is CC1=C(/C=C2\C(=O)NC(=S)N(c3ccc(Oc4ccccc4)cc3)C2=O)C(Cl)N(C)C(=O)N1C. The summed E-state index contributed by atoms with van der Waals surface area (Å²) in [5.74, 6) is 0.0183. The van der Waals surface area contributed by atoms with E-state index in [1.54, 1.807) is 45.3 Å². The van der Waals surface area contributed by atoms with Crippen molar-refractivity contribution in [2.45, 2.75) is 12.4 Å². The number of carbonyl (C=O) groups excluding carboxylic acids is 3. The van der Waals surface area contributed by atoms with Crippen molar-refractivity contribution in [1.29, 1.82) is 0 Å². The molecule has 1 fully saturated rings. The van der Waals surface area contributed by atoms with Gasteiger partial charge in [-0.25, -0.2) is 4.79 Å². The predicted molar refractivity (Wildman–Crippen MR) is 133 cm³/mol. The lowest BCUT2D eigenvalue weighted by atomic mass is 10.0. The molecular formula is C24H21ClN4O4S. The summed E-state index contributed by atoms with van der Waals surface area (Å²) < 4.78 is 5.79. The van der Waals surface area contributed by atoms with Crippen molar-refractivity contribution in [3.8, 4) is 11.5 Å². The van der Waals surface area contributed by atoms with Gasteiger partial charge in [0.2, 0.25) is 0 Å². The monoisotopic (exact) mass is 496 g/mol. The van der Waals surface area contributed by atoms with Gasteiger partial charge in [-0.3, -0.25) is 19.8 Å². The van der Waals surface area contributed by atoms with Crippen LogP contribution in [0.15, 0.2) is 77.5 Å². The number of para-hydroxylation sites is 1. The fourth-order valence-corrected chi connectivity index (χ4v) is 4.15. The Morgan fingerprint density at radius 3 is 2.26 bits per heavy atom. The molecule has 2 aliphatic heterocycles. The number of carbonyl (C=O) groups is 3. The molecule has 1 atom stereocenters. The lowest BCUT2D eigenvalue weighted by Gasteiger charge is -2.37. The van der Waals surface area contributed by atoms with Gasteiger partial charge in [-0.05, 0) is 61.6 Å². The third kappa shape index (κ3) is 4.27. The summed E-state index contributed by atoms with van der Waals surface area (Å²) in [7, 11) is 3.14. The van der Waals surface area contributed by atoms with Crippen molar-refractivity contribution < 1.29 is 19.1 Å². The number of ether oxygens (including phenoxy) is 1. The molecule has 0 aromatic heterocycles. The maximum Gasteiger partial charge on any atom is 0.325 e. The maximum atomic E-state index is 13.4. The van der Waals surface area contributed by atoms with E-state index in [0.717, 1.165) is 0 Å². The molecule has 1 saturated heterocycles. The van der Waals surface area contributed by atoms with Crippen molar-refractivity contribution in [2.75, 3.05) is 19.0 Å². The quantitative estimate of drug-likeness (QED) is 0.227. The zero-order valence-corrected chi connectivity index (χ0v) is 20.2. The topological polar surface area (TPSA) is 82.2 Å². The number of thiocarbonyl (C=S) groups is 1. The molecule has 174 valence electrons. The number of hydrogen-bond acceptors (Lipinski definition) is 5. The van der Waals surface area contributed by atoms with Gasteiger partial charge in [-0.2, -0.15) is 0 Å². The summed E-state index contributed by atoms with van der Waals surface area (Å²) in [4.78, 5) is 42.2. The highest BCUT2D eigenvalue weighted by Gasteiger charge is 2.37. The van der Waals surface area contributed by atoms with Gasteiger partial charge in [0.05, 0.1) is 5.69 Å². The minimum Gasteiger partial charge on any atom is -0.457 e. The number of halogens is 1. The van der Waals surface area contributed by atoms with Crippen LogP contribution in [0.4, 0.5) is 10.5 Å². The molecule has 2 heterocycles. The molecule has 4 rings (SSSR count). The highest BCUT2D eigenvalue weighted by molar-refractivity contribution is 7.80. The van der Waals surface area contributed by atoms with Crippen LogP contribution in [0.25, 0.3) is 0 Å². The van der Waals surface area contributed by atoms with E-state index in [0.29, 0.717) is 28.5 Å². The highest BCUT2D eigenvalue weighted by Crippen LogP contribution is 2.30. The Bertz CT molecular complexity index is 1240. The molecule has 2 aromatic rings. The summed E-state index contributed by atoms with van der Waals surface area (Å²) in [5.41, 5.74) is 0.480. The molecule has 0 spiro atoms. The summed E-state index contributed by atoms with van der Waals surface area (Å²) in [5, 5.41) is 2.51. The van der Waals surface area contributed by atoms with Crippen molar-refractivity contribution in [3.05, 3.63) is 77.5 Å². The average Bonchev–Trinajstić information content (AvgIpc) is 2.82. The number of anilines is 1. The number of nitrogens with zero attached hydrogens (tertiary/aromatic N) is 3. The van der Waals surface area contributed by atoms with Crippen molar-refractivity contribution in [3.63, 3.8) is 0 Å². The van der Waals surface area contributed by atoms with Gasteiger partial charge in [0, 0.05) is 25.4 Å². The minimum absolute atomic E-state index is 0.0370. The molecule has 0 bridgehead atoms. The molecule has 8 nitrogen and oxygen atoms in total. The zero-order chi connectivity index (χ0) is 24.6. The third-order valence-corrected chi connectivity index (χ3v) is 6.39. The van der Waals surface area contributed by atoms with Gasteiger partial charge in [-0.15, -0.1) is 0 Å². The minimum atomic E-state index is -0.839. The van der Waals surface area contributed by atoms with E-state index < -0.39 is 17.3 Å². The summed E-state index contributed by atoms with van der Waals surface area (Å²) >= 11 is 11.7. The Labute approximate surface area is 207 Å². The van der Waals surface area contributed by atoms with E-state index in [4.69, 9.17) is 28.6 Å². The fourth-order valence-electron chi connectivity index (χ4n) is 3.56. The Morgan fingerprint density at radius 2 is 1.62 bits per heavy atom. The molecular weight excluding hydrogens is 476 g/mol. The van der Waals surface area contributed by atoms with E-state index in [1.807, 2.05) is 30.3 Å². The zero-order valence-electron chi connectivity index (χ0n) is 18.6. The maximum absolute atomic E-state index is 13.4. The second-order valence-corrected chi connectivity index (χ2v) is 8.50. The molecule has 0 radical (unpaired) electrons. The molecule has 1 N–H and O–H groups in total. The van der Waals surface area contributed by atoms with Crippen LogP contribution in [-0.4, -0.2) is 52.4 Å². The van der Waals surface area contributed by atoms with Crippen LogP contribution < -0.4 is 15.0 Å². The first-order valence-corrected chi connectivity index (χ1v) is 11.1. The van der Waals surface area contributed by atoms with Crippen LogP contribution in [0.3, 0.4) is 0 Å². The standard InChI is InChI=1S/C24H21ClN4O4S/c1-14-18(20(25)28(3)24(32)27(14)2)13-19-21(30)26-23(34)29(22(19)31)15-9-11-17(12-10-15)33-16-7-5-4-6-8-16/h4-13,20H,1-3H3,(H,26,30,34)/b19-13+. The van der Waals surface area contributed by atoms with Gasteiger partial charge in [0.1, 0.15) is 22.6 Å². The van der Waals surface area contributed by atoms with Crippen LogP contribution in [0, 0.1) is 0 Å². The Balaban J connectivity index is 1.64. The number of urea groups is 1. The molecule has 1 unspecified atom stereocenters. The summed E-state index contributed by atoms with van der Waals surface area (Å²) in [6.07, 6.45) is 1.41. The number of rotatable bonds is 4. The average molecular weight is 497 g/mol. The second kappa shape index (κ2) is 9.28. The highest BCUT2D eigenvalue weighted by atomic mass is 35.5. The largest absolute Gasteiger partial charge is 0.457 e. The van der Waals surface area contributed by atoms with Gasteiger partial charge >= 0.3 is 6.03 Å². The Hall–Kier alpha value is -3.69. The van der Waals surface area contributed by atoms with E-state index in [1.165, 1.54) is 20.8 Å². The van der Waals surface area contributed by atoms with Crippen LogP contribution >= 0.6 is 23.8 Å². The molecule has 34 heavy (non-hydrogen) atoms. The van der Waals surface area contributed by atoms with Crippen LogP contribution in [0.5, 0.6) is 11.5 Å². The molecule has 10 heteroatoms. The molecule has 0 aliphatic carbocycles. The summed E-state index contributed by atoms with van der Waals surface area (Å²) in [6, 6.07) is 15.8. The molecule has 0 saturated carbocycles. The van der Waals surface area contributed by atoms with Gasteiger partial charge in [0.15, 0.2) is 5.11 Å². The van der Waals surface area contributed by atoms with E-state index >= 15 is 0 Å². The smallest absolute Gasteiger partial charge is 0.325 e. The normalized spacial score (nSPS) is 20.3. The predicted octanol–water partition coefficient (Wildman–Crippen LogP) is 3.99. The van der Waals surface area contributed by atoms with Crippen molar-refractivity contribution >= 4 is 52.5 Å². The van der Waals surface area contributed by atoms with Crippen LogP contribution in [0.1, 0.15) is 6.92 Å². The van der Waals surface area contributed by atoms with Crippen LogP contribution in [-0.2, 0) is 9.59 Å². The lowest BCUT2D eigenvalue weighted by molar-refractivity contribution is -0.122. The van der Waals surface area contributed by atoms with E-state index in [-0.39, 0.29) is 16.7 Å². The third-order valence-electron chi connectivity index (χ3n) is 5.58. The first kappa shape index (κ1) is 23.5. The molecule has 2 aromatic carbocycles. The van der Waals surface area contributed by atoms with Crippen LogP contribution in [0.2, 0.25) is 0 Å². The number of hydrogen-bond donors (Lipinski definition) is 1. The van der Waals surface area contributed by atoms with Crippen molar-refractivity contribution in [2.24, 2.45) is 0 Å². The first-order valence-electron chi connectivity index (χ1n) is 10.3. The summed E-state index contributed by atoms with van der Waals surface area (Å²) in [6.45, 7) is 1.70. The van der Waals surface area contributed by atoms with Gasteiger partial charge in [-0.1, -0.05) is 29.8 Å². The fraction of sp³-hybridized carbons (Fsp3) is 0.167. The first-order chi connectivity index (χ1) is 16.2. The van der Waals surface area contributed by atoms with Crippen molar-refractivity contribution in [1.82, 2.24) is 15.1 Å². The van der Waals surface area contributed by atoms with Gasteiger partial charge < -0.3 is 14.5 Å². The van der Waals surface area contributed by atoms with Gasteiger partial charge in [0.25, 0.3) is 11.8 Å². The number of amides is 4. The number of alkyl halides is 1. The Morgan fingerprint density at radius 1 is 1.00 bits per heavy atom. The molecule has 4 amide bonds. The molecule has 2 aliphatic rings. The number of likely N-dealkylation sites (N-methyl/N-ethyl adjacent to an activating group) is 1. The lowest BCUT2D eigenvalue weighted by Crippen LogP contribution is -2.54. The van der Waals surface area contributed by atoms with E-state index in [9.17, 15) is 14.4 Å². The number of nitrogens with one attached hydrogen (secondary N) is 1. The van der Waals surface area contributed by atoms with E-state index in [2.05, 4.69) is 5.32 Å². The second-order valence-electron chi connectivity index (χ2n) is 7.70. The number of allylic oxidation sites excluding steroid dienone is 1. The number of benzene rings is 2. The Kier molecular flexibility index (Phi) is 6.41.